The molecule has 0 spiro atoms. The van der Waals surface area contributed by atoms with Crippen LogP contribution in [0.3, 0.4) is 0 Å². The summed E-state index contributed by atoms with van der Waals surface area (Å²) in [5.74, 6) is -0.224. The summed E-state index contributed by atoms with van der Waals surface area (Å²) >= 11 is 0. The first-order valence-corrected chi connectivity index (χ1v) is 6.42. The van der Waals surface area contributed by atoms with Gasteiger partial charge in [0.25, 0.3) is 0 Å². The molecule has 5 heteroatoms. The monoisotopic (exact) mass is 293 g/mol. The number of alkyl halides is 3. The van der Waals surface area contributed by atoms with Gasteiger partial charge in [0.2, 0.25) is 5.91 Å². The van der Waals surface area contributed by atoms with E-state index in [-0.39, 0.29) is 18.9 Å². The van der Waals surface area contributed by atoms with Gasteiger partial charge in [-0.2, -0.15) is 13.2 Å². The molecule has 0 aliphatic rings. The molecule has 0 radical (unpaired) electrons. The summed E-state index contributed by atoms with van der Waals surface area (Å²) in [4.78, 5) is 11.7. The van der Waals surface area contributed by atoms with Crippen LogP contribution in [0.1, 0.15) is 16.7 Å². The van der Waals surface area contributed by atoms with Gasteiger partial charge >= 0.3 is 6.18 Å². The quantitative estimate of drug-likeness (QED) is 0.917. The SMILES string of the molecule is O=C(Cc1ccccc1)NCc1cccc(C(F)(F)F)c1. The molecule has 0 unspecified atom stereocenters. The highest BCUT2D eigenvalue weighted by molar-refractivity contribution is 5.78. The van der Waals surface area contributed by atoms with E-state index in [1.807, 2.05) is 30.3 Å². The molecule has 0 aliphatic heterocycles. The van der Waals surface area contributed by atoms with Gasteiger partial charge in [-0.25, -0.2) is 0 Å². The number of amides is 1. The minimum atomic E-state index is -4.37. The summed E-state index contributed by atoms with van der Waals surface area (Å²) in [7, 11) is 0. The second-order valence-electron chi connectivity index (χ2n) is 4.64. The van der Waals surface area contributed by atoms with Crippen LogP contribution in [0, 0.1) is 0 Å². The Balaban J connectivity index is 1.92. The van der Waals surface area contributed by atoms with Gasteiger partial charge < -0.3 is 5.32 Å². The summed E-state index contributed by atoms with van der Waals surface area (Å²) in [5, 5.41) is 2.62. The van der Waals surface area contributed by atoms with Crippen molar-refractivity contribution in [2.75, 3.05) is 0 Å². The second-order valence-corrected chi connectivity index (χ2v) is 4.64. The zero-order valence-corrected chi connectivity index (χ0v) is 11.2. The van der Waals surface area contributed by atoms with Gasteiger partial charge in [-0.15, -0.1) is 0 Å². The van der Waals surface area contributed by atoms with E-state index in [2.05, 4.69) is 5.32 Å². The average molecular weight is 293 g/mol. The number of carbonyl (C=O) groups excluding carboxylic acids is 1. The number of hydrogen-bond donors (Lipinski definition) is 1. The van der Waals surface area contributed by atoms with Crippen molar-refractivity contribution >= 4 is 5.91 Å². The van der Waals surface area contributed by atoms with Gasteiger partial charge in [-0.1, -0.05) is 42.5 Å². The van der Waals surface area contributed by atoms with Crippen molar-refractivity contribution in [3.8, 4) is 0 Å². The first kappa shape index (κ1) is 15.1. The Morgan fingerprint density at radius 1 is 0.952 bits per heavy atom. The normalized spacial score (nSPS) is 11.2. The number of carbonyl (C=O) groups is 1. The van der Waals surface area contributed by atoms with Crippen molar-refractivity contribution in [1.29, 1.82) is 0 Å². The molecule has 0 bridgehead atoms. The van der Waals surface area contributed by atoms with Gasteiger partial charge in [-0.05, 0) is 23.3 Å². The molecule has 0 saturated carbocycles. The molecular weight excluding hydrogens is 279 g/mol. The summed E-state index contributed by atoms with van der Waals surface area (Å²) in [6.07, 6.45) is -4.16. The molecule has 2 aromatic rings. The number of nitrogens with one attached hydrogen (secondary N) is 1. The Kier molecular flexibility index (Phi) is 4.62. The van der Waals surface area contributed by atoms with Crippen molar-refractivity contribution < 1.29 is 18.0 Å². The van der Waals surface area contributed by atoms with E-state index in [9.17, 15) is 18.0 Å². The number of benzene rings is 2. The highest BCUT2D eigenvalue weighted by Crippen LogP contribution is 2.29. The van der Waals surface area contributed by atoms with E-state index in [0.29, 0.717) is 5.56 Å². The third-order valence-corrected chi connectivity index (χ3v) is 2.95. The second kappa shape index (κ2) is 6.43. The summed E-state index contributed by atoms with van der Waals surface area (Å²) in [6, 6.07) is 14.1. The molecule has 2 rings (SSSR count). The predicted octanol–water partition coefficient (Wildman–Crippen LogP) is 3.56. The fourth-order valence-corrected chi connectivity index (χ4v) is 1.90. The minimum Gasteiger partial charge on any atom is -0.352 e. The third-order valence-electron chi connectivity index (χ3n) is 2.95. The zero-order valence-electron chi connectivity index (χ0n) is 11.2. The maximum atomic E-state index is 12.6. The van der Waals surface area contributed by atoms with Crippen molar-refractivity contribution in [2.24, 2.45) is 0 Å². The molecule has 110 valence electrons. The van der Waals surface area contributed by atoms with Crippen LogP contribution in [0.2, 0.25) is 0 Å². The van der Waals surface area contributed by atoms with Crippen LogP contribution in [0.15, 0.2) is 54.6 Å². The maximum absolute atomic E-state index is 12.6. The van der Waals surface area contributed by atoms with Gasteiger partial charge in [-0.3, -0.25) is 4.79 Å². The highest BCUT2D eigenvalue weighted by atomic mass is 19.4. The van der Waals surface area contributed by atoms with E-state index in [1.54, 1.807) is 6.07 Å². The van der Waals surface area contributed by atoms with Crippen LogP contribution in [0.25, 0.3) is 0 Å². The summed E-state index contributed by atoms with van der Waals surface area (Å²) in [6.45, 7) is 0.0790. The Morgan fingerprint density at radius 3 is 2.29 bits per heavy atom. The fourth-order valence-electron chi connectivity index (χ4n) is 1.90. The van der Waals surface area contributed by atoms with Crippen molar-refractivity contribution in [3.05, 3.63) is 71.3 Å². The molecule has 0 aromatic heterocycles. The lowest BCUT2D eigenvalue weighted by Gasteiger charge is -2.09. The third kappa shape index (κ3) is 4.63. The maximum Gasteiger partial charge on any atom is 0.416 e. The largest absolute Gasteiger partial charge is 0.416 e. The Hall–Kier alpha value is -2.30. The number of halogens is 3. The molecule has 0 saturated heterocycles. The predicted molar refractivity (Wildman–Crippen MR) is 73.4 cm³/mol. The molecule has 2 aromatic carbocycles. The molecule has 0 fully saturated rings. The Morgan fingerprint density at radius 2 is 1.62 bits per heavy atom. The summed E-state index contributed by atoms with van der Waals surface area (Å²) < 4.78 is 37.7. The zero-order chi connectivity index (χ0) is 15.3. The Bertz CT molecular complexity index is 608. The van der Waals surface area contributed by atoms with Crippen LogP contribution >= 0.6 is 0 Å². The van der Waals surface area contributed by atoms with E-state index in [1.165, 1.54) is 6.07 Å². The van der Waals surface area contributed by atoms with Crippen molar-refractivity contribution in [3.63, 3.8) is 0 Å². The number of rotatable bonds is 4. The van der Waals surface area contributed by atoms with Gasteiger partial charge in [0, 0.05) is 6.54 Å². The van der Waals surface area contributed by atoms with E-state index >= 15 is 0 Å². The molecule has 1 amide bonds. The van der Waals surface area contributed by atoms with Crippen LogP contribution in [-0.2, 0) is 23.9 Å². The lowest BCUT2D eigenvalue weighted by Crippen LogP contribution is -2.24. The first-order valence-electron chi connectivity index (χ1n) is 6.42. The summed E-state index contributed by atoms with van der Waals surface area (Å²) in [5.41, 5.74) is 0.572. The van der Waals surface area contributed by atoms with Gasteiger partial charge in [0.05, 0.1) is 12.0 Å². The standard InChI is InChI=1S/C16H14F3NO/c17-16(18,19)14-8-4-7-13(9-14)11-20-15(21)10-12-5-2-1-3-6-12/h1-9H,10-11H2,(H,20,21). The van der Waals surface area contributed by atoms with Crippen LogP contribution in [0.4, 0.5) is 13.2 Å². The topological polar surface area (TPSA) is 29.1 Å². The van der Waals surface area contributed by atoms with E-state index in [4.69, 9.17) is 0 Å². The molecule has 0 aliphatic carbocycles. The highest BCUT2D eigenvalue weighted by Gasteiger charge is 2.30. The molecule has 0 heterocycles. The van der Waals surface area contributed by atoms with Crippen LogP contribution in [0.5, 0.6) is 0 Å². The fraction of sp³-hybridized carbons (Fsp3) is 0.188. The molecular formula is C16H14F3NO. The Labute approximate surface area is 120 Å². The first-order chi connectivity index (χ1) is 9.95. The van der Waals surface area contributed by atoms with Crippen molar-refractivity contribution in [1.82, 2.24) is 5.32 Å². The lowest BCUT2D eigenvalue weighted by molar-refractivity contribution is -0.137. The lowest BCUT2D eigenvalue weighted by atomic mass is 10.1. The van der Waals surface area contributed by atoms with Crippen molar-refractivity contribution in [2.45, 2.75) is 19.1 Å². The van der Waals surface area contributed by atoms with Crippen LogP contribution < -0.4 is 5.32 Å². The van der Waals surface area contributed by atoms with Gasteiger partial charge in [0.1, 0.15) is 0 Å². The smallest absolute Gasteiger partial charge is 0.352 e. The molecule has 0 atom stereocenters. The van der Waals surface area contributed by atoms with E-state index in [0.717, 1.165) is 17.7 Å². The molecule has 2 nitrogen and oxygen atoms in total. The molecule has 21 heavy (non-hydrogen) atoms. The average Bonchev–Trinajstić information content (AvgIpc) is 2.46. The number of hydrogen-bond acceptors (Lipinski definition) is 1. The molecule has 1 N–H and O–H groups in total. The van der Waals surface area contributed by atoms with Crippen LogP contribution in [-0.4, -0.2) is 5.91 Å². The van der Waals surface area contributed by atoms with Gasteiger partial charge in [0.15, 0.2) is 0 Å². The minimum absolute atomic E-state index is 0.0790. The van der Waals surface area contributed by atoms with E-state index < -0.39 is 11.7 Å².